The van der Waals surface area contributed by atoms with Crippen molar-refractivity contribution in [3.63, 3.8) is 0 Å². The molecule has 0 aromatic heterocycles. The molecule has 170 valence electrons. The van der Waals surface area contributed by atoms with Crippen LogP contribution in [0.4, 0.5) is 0 Å². The Labute approximate surface area is 195 Å². The molecule has 0 radical (unpaired) electrons. The SMILES string of the molecule is COC1OC(C#C[Si](C)(C)C)(C#C[Si](C)(C)C)C(C#C[Si](C)(C)C)(C#C[Si](C)(C)C)O1. The van der Waals surface area contributed by atoms with E-state index in [0.717, 1.165) is 0 Å². The summed E-state index contributed by atoms with van der Waals surface area (Å²) in [5.74, 6) is 13.6. The molecule has 31 heavy (non-hydrogen) atoms. The molecule has 1 aliphatic heterocycles. The van der Waals surface area contributed by atoms with Crippen LogP contribution < -0.4 is 0 Å². The van der Waals surface area contributed by atoms with E-state index >= 15 is 0 Å². The van der Waals surface area contributed by atoms with E-state index in [2.05, 4.69) is 124 Å². The highest BCUT2D eigenvalue weighted by atomic mass is 28.3. The van der Waals surface area contributed by atoms with Crippen LogP contribution in [0, 0.1) is 45.9 Å². The third-order valence-corrected chi connectivity index (χ3v) is 7.19. The molecule has 1 heterocycles. The zero-order valence-electron chi connectivity index (χ0n) is 21.8. The molecule has 0 bridgehead atoms. The Bertz CT molecular complexity index is 772. The maximum absolute atomic E-state index is 6.31. The van der Waals surface area contributed by atoms with Gasteiger partial charge in [-0.3, -0.25) is 9.47 Å². The Morgan fingerprint density at radius 3 is 0.903 bits per heavy atom. The molecule has 0 unspecified atom stereocenters. The minimum Gasteiger partial charge on any atom is -0.333 e. The molecular weight excluding hydrogens is 449 g/mol. The Kier molecular flexibility index (Phi) is 8.55. The summed E-state index contributed by atoms with van der Waals surface area (Å²) in [5.41, 5.74) is 11.3. The Balaban J connectivity index is 4.05. The van der Waals surface area contributed by atoms with Crippen LogP contribution in [0.3, 0.4) is 0 Å². The molecular formula is C24H40O3Si4. The molecule has 0 spiro atoms. The van der Waals surface area contributed by atoms with E-state index in [4.69, 9.17) is 14.2 Å². The van der Waals surface area contributed by atoms with Crippen LogP contribution in [0.15, 0.2) is 0 Å². The summed E-state index contributed by atoms with van der Waals surface area (Å²) in [6.07, 6.45) is 0. The average molecular weight is 489 g/mol. The lowest BCUT2D eigenvalue weighted by atomic mass is 9.85. The maximum Gasteiger partial charge on any atom is 0.276 e. The standard InChI is InChI=1S/C24H40O3Si4/c1-25-22-26-23(14-18-28(2,3)4,15-19-29(5,6)7)24(27-22,16-20-30(8,9)10)17-21-31(11,12)13/h22H,1-13H3. The molecule has 1 rings (SSSR count). The summed E-state index contributed by atoms with van der Waals surface area (Å²) in [4.78, 5) is 0. The molecule has 0 saturated carbocycles. The minimum atomic E-state index is -1.73. The smallest absolute Gasteiger partial charge is 0.276 e. The maximum atomic E-state index is 6.31. The quantitative estimate of drug-likeness (QED) is 0.385. The van der Waals surface area contributed by atoms with Gasteiger partial charge in [-0.1, -0.05) is 102 Å². The van der Waals surface area contributed by atoms with Gasteiger partial charge in [-0.25, -0.2) is 0 Å². The highest BCUT2D eigenvalue weighted by Crippen LogP contribution is 2.39. The first kappa shape index (κ1) is 28.0. The van der Waals surface area contributed by atoms with E-state index in [0.29, 0.717) is 0 Å². The fraction of sp³-hybridized carbons (Fsp3) is 0.667. The number of ether oxygens (including phenoxy) is 3. The third-order valence-electron chi connectivity index (χ3n) is 3.69. The Morgan fingerprint density at radius 2 is 0.742 bits per heavy atom. The highest BCUT2D eigenvalue weighted by Gasteiger charge is 2.60. The van der Waals surface area contributed by atoms with E-state index < -0.39 is 50.0 Å². The lowest BCUT2D eigenvalue weighted by Crippen LogP contribution is -2.49. The molecule has 0 aliphatic carbocycles. The molecule has 1 saturated heterocycles. The van der Waals surface area contributed by atoms with Gasteiger partial charge in [0.15, 0.2) is 0 Å². The van der Waals surface area contributed by atoms with Crippen LogP contribution in [0.1, 0.15) is 0 Å². The van der Waals surface area contributed by atoms with Crippen molar-refractivity contribution in [3.05, 3.63) is 0 Å². The van der Waals surface area contributed by atoms with Gasteiger partial charge in [0.2, 0.25) is 11.2 Å². The second kappa shape index (κ2) is 9.46. The van der Waals surface area contributed by atoms with Crippen molar-refractivity contribution in [2.45, 2.75) is 96.2 Å². The van der Waals surface area contributed by atoms with Crippen molar-refractivity contribution in [1.82, 2.24) is 0 Å². The summed E-state index contributed by atoms with van der Waals surface area (Å²) in [5, 5.41) is 0. The van der Waals surface area contributed by atoms with Crippen LogP contribution in [-0.4, -0.2) is 57.1 Å². The predicted octanol–water partition coefficient (Wildman–Crippen LogP) is 4.96. The fourth-order valence-corrected chi connectivity index (χ4v) is 4.41. The van der Waals surface area contributed by atoms with Gasteiger partial charge in [-0.15, -0.1) is 22.2 Å². The lowest BCUT2D eigenvalue weighted by Gasteiger charge is -2.28. The van der Waals surface area contributed by atoms with Crippen LogP contribution in [0.5, 0.6) is 0 Å². The monoisotopic (exact) mass is 488 g/mol. The second-order valence-electron chi connectivity index (χ2n) is 12.1. The summed E-state index contributed by atoms with van der Waals surface area (Å²) < 4.78 is 18.1. The van der Waals surface area contributed by atoms with E-state index in [-0.39, 0.29) is 0 Å². The van der Waals surface area contributed by atoms with Gasteiger partial charge in [0.05, 0.1) is 0 Å². The number of hydrogen-bond acceptors (Lipinski definition) is 3. The normalized spacial score (nSPS) is 18.4. The van der Waals surface area contributed by atoms with E-state index in [1.165, 1.54) is 0 Å². The molecule has 3 nitrogen and oxygen atoms in total. The van der Waals surface area contributed by atoms with Crippen LogP contribution in [0.25, 0.3) is 0 Å². The fourth-order valence-electron chi connectivity index (χ4n) is 2.21. The van der Waals surface area contributed by atoms with E-state index in [1.54, 1.807) is 7.11 Å². The lowest BCUT2D eigenvalue weighted by molar-refractivity contribution is -0.231. The third kappa shape index (κ3) is 9.17. The van der Waals surface area contributed by atoms with Crippen molar-refractivity contribution in [3.8, 4) is 45.9 Å². The highest BCUT2D eigenvalue weighted by molar-refractivity contribution is 6.85. The van der Waals surface area contributed by atoms with Crippen LogP contribution in [-0.2, 0) is 14.2 Å². The average Bonchev–Trinajstić information content (AvgIpc) is 2.87. The Hall–Kier alpha value is -1.01. The molecule has 1 fully saturated rings. The molecule has 0 aromatic carbocycles. The second-order valence-corrected chi connectivity index (χ2v) is 31.1. The van der Waals surface area contributed by atoms with Gasteiger partial charge < -0.3 is 4.74 Å². The topological polar surface area (TPSA) is 27.7 Å². The van der Waals surface area contributed by atoms with Crippen molar-refractivity contribution >= 4 is 32.3 Å². The largest absolute Gasteiger partial charge is 0.333 e. The summed E-state index contributed by atoms with van der Waals surface area (Å²) >= 11 is 0. The van der Waals surface area contributed by atoms with E-state index in [9.17, 15) is 0 Å². The molecule has 0 N–H and O–H groups in total. The molecule has 7 heteroatoms. The zero-order valence-corrected chi connectivity index (χ0v) is 25.8. The molecule has 0 aromatic rings. The number of methoxy groups -OCH3 is 1. The van der Waals surface area contributed by atoms with E-state index in [1.807, 2.05) is 0 Å². The van der Waals surface area contributed by atoms with Crippen molar-refractivity contribution in [2.75, 3.05) is 7.11 Å². The summed E-state index contributed by atoms with van der Waals surface area (Å²) in [6.45, 7) is 25.5. The van der Waals surface area contributed by atoms with Gasteiger partial charge in [0, 0.05) is 7.11 Å². The van der Waals surface area contributed by atoms with Gasteiger partial charge in [-0.05, 0) is 0 Å². The Morgan fingerprint density at radius 1 is 0.516 bits per heavy atom. The number of rotatable bonds is 1. The van der Waals surface area contributed by atoms with Crippen LogP contribution in [0.2, 0.25) is 78.6 Å². The van der Waals surface area contributed by atoms with Crippen molar-refractivity contribution in [1.29, 1.82) is 0 Å². The zero-order chi connectivity index (χ0) is 24.4. The first-order valence-electron chi connectivity index (χ1n) is 10.8. The minimum absolute atomic E-state index is 0.918. The summed E-state index contributed by atoms with van der Waals surface area (Å²) in [6, 6.07) is 0. The first-order valence-corrected chi connectivity index (χ1v) is 24.8. The number of hydrogen-bond donors (Lipinski definition) is 0. The van der Waals surface area contributed by atoms with Gasteiger partial charge in [0.25, 0.3) is 6.48 Å². The van der Waals surface area contributed by atoms with Gasteiger partial charge in [0.1, 0.15) is 32.3 Å². The first-order chi connectivity index (χ1) is 13.7. The molecule has 1 aliphatic rings. The summed E-state index contributed by atoms with van der Waals surface area (Å²) in [7, 11) is -5.38. The van der Waals surface area contributed by atoms with Crippen molar-refractivity contribution in [2.24, 2.45) is 0 Å². The van der Waals surface area contributed by atoms with Crippen molar-refractivity contribution < 1.29 is 14.2 Å². The van der Waals surface area contributed by atoms with Gasteiger partial charge in [-0.2, -0.15) is 0 Å². The van der Waals surface area contributed by atoms with Gasteiger partial charge >= 0.3 is 0 Å². The molecule has 0 atom stereocenters. The molecule has 0 amide bonds. The van der Waals surface area contributed by atoms with Crippen LogP contribution >= 0.6 is 0 Å². The predicted molar refractivity (Wildman–Crippen MR) is 143 cm³/mol.